The Morgan fingerprint density at radius 2 is 1.90 bits per heavy atom. The third-order valence-electron chi connectivity index (χ3n) is 2.50. The zero-order valence-corrected chi connectivity index (χ0v) is 11.0. The van der Waals surface area contributed by atoms with E-state index >= 15 is 0 Å². The largest absolute Gasteiger partial charge is 0.433 e. The molecule has 0 aliphatic rings. The number of halogens is 5. The molecule has 0 aliphatic carbocycles. The van der Waals surface area contributed by atoms with Crippen LogP contribution in [0.3, 0.4) is 0 Å². The zero-order chi connectivity index (χ0) is 15.6. The van der Waals surface area contributed by atoms with E-state index in [0.717, 1.165) is 18.3 Å². The van der Waals surface area contributed by atoms with Crippen molar-refractivity contribution in [1.82, 2.24) is 4.98 Å². The van der Waals surface area contributed by atoms with Gasteiger partial charge in [-0.15, -0.1) is 0 Å². The Hall–Kier alpha value is -2.15. The molecule has 1 N–H and O–H groups in total. The highest BCUT2D eigenvalue weighted by atomic mass is 35.5. The predicted molar refractivity (Wildman–Crippen MR) is 68.6 cm³/mol. The Bertz CT molecular complexity index is 671. The summed E-state index contributed by atoms with van der Waals surface area (Å²) in [6.45, 7) is 0. The average Bonchev–Trinajstić information content (AvgIpc) is 2.41. The summed E-state index contributed by atoms with van der Waals surface area (Å²) in [5, 5.41) is 2.37. The zero-order valence-electron chi connectivity index (χ0n) is 10.2. The Balaban J connectivity index is 2.17. The van der Waals surface area contributed by atoms with Crippen LogP contribution in [0.25, 0.3) is 0 Å². The maximum absolute atomic E-state index is 13.5. The van der Waals surface area contributed by atoms with Crippen LogP contribution < -0.4 is 5.32 Å². The fourth-order valence-electron chi connectivity index (χ4n) is 1.48. The van der Waals surface area contributed by atoms with Crippen LogP contribution in [0, 0.1) is 5.82 Å². The predicted octanol–water partition coefficient (Wildman–Crippen LogP) is 4.15. The molecule has 8 heteroatoms. The number of benzene rings is 1. The van der Waals surface area contributed by atoms with Gasteiger partial charge < -0.3 is 5.32 Å². The second-order valence-electron chi connectivity index (χ2n) is 4.01. The second kappa shape index (κ2) is 5.69. The minimum absolute atomic E-state index is 0.127. The van der Waals surface area contributed by atoms with Crippen LogP contribution in [-0.4, -0.2) is 10.9 Å². The topological polar surface area (TPSA) is 42.0 Å². The average molecular weight is 319 g/mol. The number of nitrogens with zero attached hydrogens (tertiary/aromatic N) is 1. The van der Waals surface area contributed by atoms with Crippen molar-refractivity contribution in [3.8, 4) is 0 Å². The van der Waals surface area contributed by atoms with Crippen molar-refractivity contribution >= 4 is 23.2 Å². The SMILES string of the molecule is O=C(Nc1ccc(Cl)cc1F)c1ccc(C(F)(F)F)nc1. The van der Waals surface area contributed by atoms with E-state index in [9.17, 15) is 22.4 Å². The van der Waals surface area contributed by atoms with E-state index in [0.29, 0.717) is 6.07 Å². The summed E-state index contributed by atoms with van der Waals surface area (Å²) in [5.41, 5.74) is -1.38. The Morgan fingerprint density at radius 3 is 2.43 bits per heavy atom. The van der Waals surface area contributed by atoms with Gasteiger partial charge >= 0.3 is 6.18 Å². The van der Waals surface area contributed by atoms with Gasteiger partial charge in [-0.25, -0.2) is 4.39 Å². The van der Waals surface area contributed by atoms with Gasteiger partial charge in [-0.3, -0.25) is 9.78 Å². The molecule has 0 atom stereocenters. The second-order valence-corrected chi connectivity index (χ2v) is 4.44. The van der Waals surface area contributed by atoms with E-state index < -0.39 is 23.6 Å². The van der Waals surface area contributed by atoms with Gasteiger partial charge in [-0.1, -0.05) is 11.6 Å². The number of hydrogen-bond donors (Lipinski definition) is 1. The molecule has 0 aliphatic heterocycles. The summed E-state index contributed by atoms with van der Waals surface area (Å²) in [6, 6.07) is 5.24. The standard InChI is InChI=1S/C13H7ClF4N2O/c14-8-2-3-10(9(15)5-8)20-12(21)7-1-4-11(19-6-7)13(16,17)18/h1-6H,(H,20,21). The van der Waals surface area contributed by atoms with Crippen LogP contribution >= 0.6 is 11.6 Å². The number of hydrogen-bond acceptors (Lipinski definition) is 2. The van der Waals surface area contributed by atoms with E-state index in [1.165, 1.54) is 12.1 Å². The van der Waals surface area contributed by atoms with E-state index in [1.807, 2.05) is 0 Å². The van der Waals surface area contributed by atoms with E-state index in [-0.39, 0.29) is 16.3 Å². The maximum Gasteiger partial charge on any atom is 0.433 e. The molecule has 0 saturated carbocycles. The van der Waals surface area contributed by atoms with Crippen LogP contribution in [0.5, 0.6) is 0 Å². The molecule has 3 nitrogen and oxygen atoms in total. The molecule has 1 heterocycles. The highest BCUT2D eigenvalue weighted by Gasteiger charge is 2.32. The lowest BCUT2D eigenvalue weighted by Gasteiger charge is -2.08. The quantitative estimate of drug-likeness (QED) is 0.845. The molecule has 1 amide bonds. The van der Waals surface area contributed by atoms with E-state index in [2.05, 4.69) is 10.3 Å². The molecule has 110 valence electrons. The van der Waals surface area contributed by atoms with Gasteiger partial charge in [0, 0.05) is 11.2 Å². The first-order valence-electron chi connectivity index (χ1n) is 5.57. The van der Waals surface area contributed by atoms with Crippen molar-refractivity contribution in [2.45, 2.75) is 6.18 Å². The van der Waals surface area contributed by atoms with Crippen LogP contribution in [0.4, 0.5) is 23.2 Å². The number of nitrogens with one attached hydrogen (secondary N) is 1. The first kappa shape index (κ1) is 15.2. The van der Waals surface area contributed by atoms with E-state index in [4.69, 9.17) is 11.6 Å². The maximum atomic E-state index is 13.5. The number of amides is 1. The summed E-state index contributed by atoms with van der Waals surface area (Å²) < 4.78 is 50.5. The van der Waals surface area contributed by atoms with Crippen LogP contribution in [-0.2, 0) is 6.18 Å². The summed E-state index contributed by atoms with van der Waals surface area (Å²) in [7, 11) is 0. The Labute approximate surface area is 121 Å². The number of carbonyl (C=O) groups excluding carboxylic acids is 1. The molecule has 0 saturated heterocycles. The van der Waals surface area contributed by atoms with Crippen LogP contribution in [0.1, 0.15) is 16.1 Å². The molecule has 1 aromatic carbocycles. The molecule has 0 spiro atoms. The van der Waals surface area contributed by atoms with E-state index in [1.54, 1.807) is 0 Å². The molecule has 0 bridgehead atoms. The number of anilines is 1. The smallest absolute Gasteiger partial charge is 0.319 e. The minimum atomic E-state index is -4.59. The van der Waals surface area contributed by atoms with Crippen molar-refractivity contribution in [3.63, 3.8) is 0 Å². The monoisotopic (exact) mass is 318 g/mol. The third kappa shape index (κ3) is 3.69. The lowest BCUT2D eigenvalue weighted by molar-refractivity contribution is -0.141. The van der Waals surface area contributed by atoms with Crippen molar-refractivity contribution in [2.75, 3.05) is 5.32 Å². The molecule has 21 heavy (non-hydrogen) atoms. The summed E-state index contributed by atoms with van der Waals surface area (Å²) in [4.78, 5) is 14.9. The number of carbonyl (C=O) groups is 1. The van der Waals surface area contributed by atoms with Gasteiger partial charge in [-0.2, -0.15) is 13.2 Å². The summed E-state index contributed by atoms with van der Waals surface area (Å²) in [6.07, 6.45) is -3.82. The number of alkyl halides is 3. The molecule has 2 aromatic rings. The van der Waals surface area contributed by atoms with Crippen molar-refractivity contribution in [3.05, 3.63) is 58.6 Å². The highest BCUT2D eigenvalue weighted by molar-refractivity contribution is 6.30. The first-order chi connectivity index (χ1) is 9.77. The fourth-order valence-corrected chi connectivity index (χ4v) is 1.64. The normalized spacial score (nSPS) is 11.3. The fraction of sp³-hybridized carbons (Fsp3) is 0.0769. The van der Waals surface area contributed by atoms with Gasteiger partial charge in [0.15, 0.2) is 0 Å². The van der Waals surface area contributed by atoms with Gasteiger partial charge in [-0.05, 0) is 30.3 Å². The number of rotatable bonds is 2. The Morgan fingerprint density at radius 1 is 1.19 bits per heavy atom. The molecule has 1 aromatic heterocycles. The lowest BCUT2D eigenvalue weighted by Crippen LogP contribution is -2.15. The molecule has 2 rings (SSSR count). The summed E-state index contributed by atoms with van der Waals surface area (Å²) in [5.74, 6) is -1.53. The summed E-state index contributed by atoms with van der Waals surface area (Å²) >= 11 is 5.56. The molecule has 0 fully saturated rings. The van der Waals surface area contributed by atoms with Crippen molar-refractivity contribution in [2.24, 2.45) is 0 Å². The van der Waals surface area contributed by atoms with Gasteiger partial charge in [0.25, 0.3) is 5.91 Å². The first-order valence-corrected chi connectivity index (χ1v) is 5.95. The molecular weight excluding hydrogens is 312 g/mol. The highest BCUT2D eigenvalue weighted by Crippen LogP contribution is 2.27. The molecular formula is C13H7ClF4N2O. The molecule has 0 radical (unpaired) electrons. The van der Waals surface area contributed by atoms with Crippen LogP contribution in [0.2, 0.25) is 5.02 Å². The lowest BCUT2D eigenvalue weighted by atomic mass is 10.2. The third-order valence-corrected chi connectivity index (χ3v) is 2.73. The minimum Gasteiger partial charge on any atom is -0.319 e. The molecule has 0 unspecified atom stereocenters. The van der Waals surface area contributed by atoms with Crippen molar-refractivity contribution in [1.29, 1.82) is 0 Å². The number of aromatic nitrogens is 1. The van der Waals surface area contributed by atoms with Gasteiger partial charge in [0.05, 0.1) is 11.3 Å². The number of pyridine rings is 1. The van der Waals surface area contributed by atoms with Crippen molar-refractivity contribution < 1.29 is 22.4 Å². The van der Waals surface area contributed by atoms with Gasteiger partial charge in [0.2, 0.25) is 0 Å². The Kier molecular flexibility index (Phi) is 4.13. The van der Waals surface area contributed by atoms with Crippen LogP contribution in [0.15, 0.2) is 36.5 Å². The van der Waals surface area contributed by atoms with Gasteiger partial charge in [0.1, 0.15) is 11.5 Å².